The number of carbonyl (C=O) groups is 1. The van der Waals surface area contributed by atoms with E-state index in [1.807, 2.05) is 19.1 Å². The van der Waals surface area contributed by atoms with Gasteiger partial charge in [-0.05, 0) is 61.9 Å². The third kappa shape index (κ3) is 4.01. The van der Waals surface area contributed by atoms with Crippen LogP contribution in [0.4, 0.5) is 0 Å². The molecule has 0 saturated carbocycles. The van der Waals surface area contributed by atoms with E-state index in [4.69, 9.17) is 23.2 Å². The molecule has 2 aliphatic heterocycles. The summed E-state index contributed by atoms with van der Waals surface area (Å²) in [6.07, 6.45) is 2.91. The van der Waals surface area contributed by atoms with Crippen molar-refractivity contribution in [3.63, 3.8) is 0 Å². The zero-order valence-corrected chi connectivity index (χ0v) is 15.0. The summed E-state index contributed by atoms with van der Waals surface area (Å²) in [5.74, 6) is 1.69. The maximum atomic E-state index is 12.8. The molecule has 2 saturated heterocycles. The number of nitrogens with one attached hydrogen (secondary N) is 1. The molecule has 3 nitrogen and oxygen atoms in total. The Morgan fingerprint density at radius 2 is 1.91 bits per heavy atom. The van der Waals surface area contributed by atoms with Gasteiger partial charge in [-0.15, -0.1) is 0 Å². The fourth-order valence-corrected chi connectivity index (χ4v) is 4.34. The second-order valence-electron chi connectivity index (χ2n) is 6.92. The average molecular weight is 355 g/mol. The van der Waals surface area contributed by atoms with Crippen molar-refractivity contribution in [2.45, 2.75) is 26.2 Å². The Bertz CT molecular complexity index is 564. The van der Waals surface area contributed by atoms with E-state index in [2.05, 4.69) is 10.2 Å². The minimum absolute atomic E-state index is 0.0512. The number of likely N-dealkylation sites (tertiary alicyclic amines) is 1. The Morgan fingerprint density at radius 1 is 1.26 bits per heavy atom. The zero-order valence-electron chi connectivity index (χ0n) is 13.5. The number of amides is 1. The Balaban J connectivity index is 1.60. The Hall–Kier alpha value is -0.770. The van der Waals surface area contributed by atoms with Crippen molar-refractivity contribution in [1.82, 2.24) is 10.2 Å². The average Bonchev–Trinajstić information content (AvgIpc) is 2.88. The summed E-state index contributed by atoms with van der Waals surface area (Å²) in [6.45, 7) is 6.01. The molecule has 0 radical (unpaired) electrons. The normalized spacial score (nSPS) is 25.8. The van der Waals surface area contributed by atoms with E-state index in [0.29, 0.717) is 16.5 Å². The van der Waals surface area contributed by atoms with Crippen LogP contribution in [0.5, 0.6) is 0 Å². The second-order valence-corrected chi connectivity index (χ2v) is 7.77. The van der Waals surface area contributed by atoms with Crippen LogP contribution in [-0.2, 0) is 11.2 Å². The van der Waals surface area contributed by atoms with Crippen LogP contribution in [0, 0.1) is 17.8 Å². The molecular formula is C18H24Cl2N2O. The van der Waals surface area contributed by atoms with Crippen molar-refractivity contribution in [2.75, 3.05) is 26.2 Å². The molecule has 1 unspecified atom stereocenters. The molecule has 1 amide bonds. The van der Waals surface area contributed by atoms with Crippen LogP contribution >= 0.6 is 23.2 Å². The molecule has 0 bridgehead atoms. The topological polar surface area (TPSA) is 32.3 Å². The lowest BCUT2D eigenvalue weighted by Gasteiger charge is -2.25. The van der Waals surface area contributed by atoms with Crippen molar-refractivity contribution in [2.24, 2.45) is 17.8 Å². The summed E-state index contributed by atoms with van der Waals surface area (Å²) in [4.78, 5) is 14.9. The minimum atomic E-state index is -0.0512. The molecule has 5 heteroatoms. The molecule has 0 spiro atoms. The highest BCUT2D eigenvalue weighted by Gasteiger charge is 2.32. The van der Waals surface area contributed by atoms with Gasteiger partial charge in [0, 0.05) is 29.1 Å². The first kappa shape index (κ1) is 17.1. The van der Waals surface area contributed by atoms with Gasteiger partial charge in [-0.25, -0.2) is 0 Å². The molecule has 3 atom stereocenters. The summed E-state index contributed by atoms with van der Waals surface area (Å²) in [5.41, 5.74) is 0.993. The summed E-state index contributed by atoms with van der Waals surface area (Å²) >= 11 is 12.2. The van der Waals surface area contributed by atoms with Gasteiger partial charge in [0.15, 0.2) is 0 Å². The quantitative estimate of drug-likeness (QED) is 0.898. The molecule has 2 fully saturated rings. The highest BCUT2D eigenvalue weighted by atomic mass is 35.5. The molecule has 1 aromatic carbocycles. The molecule has 0 aliphatic carbocycles. The standard InChI is InChI=1S/C18H24Cl2N2O/c1-12(8-13-2-3-16(19)9-17(13)20)18(23)22-6-4-14-10-21-11-15(14)5-7-22/h2-3,9,12,14-15,21H,4-8,10-11H2,1H3/t12?,14-,15+. The maximum Gasteiger partial charge on any atom is 0.225 e. The van der Waals surface area contributed by atoms with Gasteiger partial charge in [-0.2, -0.15) is 0 Å². The van der Waals surface area contributed by atoms with Crippen LogP contribution in [0.2, 0.25) is 10.0 Å². The number of hydrogen-bond acceptors (Lipinski definition) is 2. The minimum Gasteiger partial charge on any atom is -0.342 e. The molecule has 0 aromatic heterocycles. The molecule has 2 heterocycles. The molecule has 1 N–H and O–H groups in total. The van der Waals surface area contributed by atoms with Crippen LogP contribution < -0.4 is 5.32 Å². The Kier molecular flexibility index (Phi) is 5.50. The molecule has 3 rings (SSSR count). The number of halogens is 2. The van der Waals surface area contributed by atoms with Crippen LogP contribution in [0.25, 0.3) is 0 Å². The van der Waals surface area contributed by atoms with Crippen molar-refractivity contribution < 1.29 is 4.79 Å². The van der Waals surface area contributed by atoms with E-state index in [1.54, 1.807) is 6.07 Å². The molecule has 1 aromatic rings. The van der Waals surface area contributed by atoms with Gasteiger partial charge in [0.2, 0.25) is 5.91 Å². The van der Waals surface area contributed by atoms with E-state index in [1.165, 1.54) is 0 Å². The maximum absolute atomic E-state index is 12.8. The van der Waals surface area contributed by atoms with Gasteiger partial charge in [0.1, 0.15) is 0 Å². The van der Waals surface area contributed by atoms with Crippen LogP contribution in [0.15, 0.2) is 18.2 Å². The largest absolute Gasteiger partial charge is 0.342 e. The molecule has 23 heavy (non-hydrogen) atoms. The third-order valence-corrected chi connectivity index (χ3v) is 5.88. The summed E-state index contributed by atoms with van der Waals surface area (Å²) in [7, 11) is 0. The monoisotopic (exact) mass is 354 g/mol. The fourth-order valence-electron chi connectivity index (χ4n) is 3.85. The summed E-state index contributed by atoms with van der Waals surface area (Å²) < 4.78 is 0. The van der Waals surface area contributed by atoms with Crippen LogP contribution in [-0.4, -0.2) is 37.0 Å². The van der Waals surface area contributed by atoms with E-state index >= 15 is 0 Å². The lowest BCUT2D eigenvalue weighted by atomic mass is 9.92. The zero-order chi connectivity index (χ0) is 16.4. The van der Waals surface area contributed by atoms with Crippen LogP contribution in [0.1, 0.15) is 25.3 Å². The lowest BCUT2D eigenvalue weighted by molar-refractivity contribution is -0.135. The van der Waals surface area contributed by atoms with Crippen molar-refractivity contribution in [3.8, 4) is 0 Å². The van der Waals surface area contributed by atoms with Gasteiger partial charge in [-0.3, -0.25) is 4.79 Å². The molecule has 126 valence electrons. The first-order valence-electron chi connectivity index (χ1n) is 8.48. The van der Waals surface area contributed by atoms with Gasteiger partial charge < -0.3 is 10.2 Å². The predicted molar refractivity (Wildman–Crippen MR) is 95.0 cm³/mol. The van der Waals surface area contributed by atoms with E-state index in [9.17, 15) is 4.79 Å². The van der Waals surface area contributed by atoms with E-state index in [0.717, 1.165) is 56.4 Å². The number of nitrogens with zero attached hydrogens (tertiary/aromatic N) is 1. The Morgan fingerprint density at radius 3 is 2.52 bits per heavy atom. The van der Waals surface area contributed by atoms with Crippen molar-refractivity contribution >= 4 is 29.1 Å². The summed E-state index contributed by atoms with van der Waals surface area (Å²) in [6, 6.07) is 5.50. The number of benzene rings is 1. The van der Waals surface area contributed by atoms with Gasteiger partial charge in [0.25, 0.3) is 0 Å². The third-order valence-electron chi connectivity index (χ3n) is 5.29. The second kappa shape index (κ2) is 7.42. The van der Waals surface area contributed by atoms with Crippen LogP contribution in [0.3, 0.4) is 0 Å². The van der Waals surface area contributed by atoms with Gasteiger partial charge in [0.05, 0.1) is 0 Å². The number of rotatable bonds is 3. The first-order chi connectivity index (χ1) is 11.0. The first-order valence-corrected chi connectivity index (χ1v) is 9.23. The molecule has 2 aliphatic rings. The van der Waals surface area contributed by atoms with Crippen molar-refractivity contribution in [3.05, 3.63) is 33.8 Å². The smallest absolute Gasteiger partial charge is 0.225 e. The molecular weight excluding hydrogens is 331 g/mol. The van der Waals surface area contributed by atoms with E-state index < -0.39 is 0 Å². The lowest BCUT2D eigenvalue weighted by Crippen LogP contribution is -2.37. The predicted octanol–water partition coefficient (Wildman–Crippen LogP) is 3.63. The fraction of sp³-hybridized carbons (Fsp3) is 0.611. The summed E-state index contributed by atoms with van der Waals surface area (Å²) in [5, 5.41) is 4.75. The highest BCUT2D eigenvalue weighted by molar-refractivity contribution is 6.35. The number of hydrogen-bond donors (Lipinski definition) is 1. The number of carbonyl (C=O) groups excluding carboxylic acids is 1. The number of fused-ring (bicyclic) bond motifs is 1. The van der Waals surface area contributed by atoms with Gasteiger partial charge in [-0.1, -0.05) is 36.2 Å². The van der Waals surface area contributed by atoms with E-state index in [-0.39, 0.29) is 11.8 Å². The SMILES string of the molecule is CC(Cc1ccc(Cl)cc1Cl)C(=O)N1CC[C@@H]2CNC[C@@H]2CC1. The highest BCUT2D eigenvalue weighted by Crippen LogP contribution is 2.28. The van der Waals surface area contributed by atoms with Crippen molar-refractivity contribution in [1.29, 1.82) is 0 Å². The van der Waals surface area contributed by atoms with Gasteiger partial charge >= 0.3 is 0 Å². The Labute approximate surface area is 148 Å².